The van der Waals surface area contributed by atoms with Gasteiger partial charge in [-0.3, -0.25) is 4.79 Å². The number of halogens is 1. The van der Waals surface area contributed by atoms with E-state index in [4.69, 9.17) is 16.3 Å². The molecule has 1 unspecified atom stereocenters. The van der Waals surface area contributed by atoms with Crippen LogP contribution in [0.4, 0.5) is 0 Å². The fourth-order valence-electron chi connectivity index (χ4n) is 2.39. The number of amides is 1. The van der Waals surface area contributed by atoms with Gasteiger partial charge in [0.25, 0.3) is 0 Å². The van der Waals surface area contributed by atoms with Gasteiger partial charge in [-0.05, 0) is 13.3 Å². The fourth-order valence-corrected chi connectivity index (χ4v) is 2.61. The van der Waals surface area contributed by atoms with Crippen molar-refractivity contribution in [2.45, 2.75) is 24.5 Å². The van der Waals surface area contributed by atoms with Gasteiger partial charge in [-0.25, -0.2) is 4.79 Å². The summed E-state index contributed by atoms with van der Waals surface area (Å²) in [5.74, 6) is -1.01. The minimum absolute atomic E-state index is 0.280. The van der Waals surface area contributed by atoms with E-state index in [2.05, 4.69) is 5.32 Å². The van der Waals surface area contributed by atoms with Crippen LogP contribution in [0.25, 0.3) is 0 Å². The van der Waals surface area contributed by atoms with Crippen LogP contribution in [0.1, 0.15) is 13.3 Å². The molecule has 0 radical (unpaired) electrons. The van der Waals surface area contributed by atoms with Crippen LogP contribution in [0.5, 0.6) is 0 Å². The molecule has 0 aliphatic carbocycles. The molecule has 3 atom stereocenters. The third-order valence-electron chi connectivity index (χ3n) is 3.45. The Morgan fingerprint density at radius 3 is 2.67 bits per heavy atom. The number of alkyl halides is 1. The first-order valence-corrected chi connectivity index (χ1v) is 5.27. The van der Waals surface area contributed by atoms with Crippen molar-refractivity contribution in [3.8, 4) is 0 Å². The van der Waals surface area contributed by atoms with Crippen molar-refractivity contribution in [2.75, 3.05) is 12.5 Å². The molecule has 5 nitrogen and oxygen atoms in total. The summed E-state index contributed by atoms with van der Waals surface area (Å²) in [7, 11) is 0. The SMILES string of the molecule is C[C@@]12OC(=O)[C@]1(CO)NC(=O)C2CCCl. The van der Waals surface area contributed by atoms with Gasteiger partial charge < -0.3 is 15.2 Å². The standard InChI is InChI=1S/C9H12ClNO4/c1-8-5(2-3-10)6(13)11-9(8,4-12)7(14)15-8/h5,12H,2-4H2,1H3,(H,11,13)/t5?,8-,9-/m0/s1. The largest absolute Gasteiger partial charge is 0.453 e. The highest BCUT2D eigenvalue weighted by molar-refractivity contribution is 6.18. The molecule has 0 aromatic carbocycles. The first kappa shape index (κ1) is 10.7. The maximum Gasteiger partial charge on any atom is 0.339 e. The molecule has 2 fully saturated rings. The first-order valence-electron chi connectivity index (χ1n) is 4.74. The number of fused-ring (bicyclic) bond motifs is 1. The molecule has 15 heavy (non-hydrogen) atoms. The molecule has 6 heteroatoms. The lowest BCUT2D eigenvalue weighted by atomic mass is 9.71. The Kier molecular flexibility index (Phi) is 2.20. The topological polar surface area (TPSA) is 75.6 Å². The smallest absolute Gasteiger partial charge is 0.339 e. The Hall–Kier alpha value is -0.810. The second-order valence-corrected chi connectivity index (χ2v) is 4.46. The Morgan fingerprint density at radius 1 is 1.60 bits per heavy atom. The first-order chi connectivity index (χ1) is 7.02. The number of hydrogen-bond acceptors (Lipinski definition) is 4. The van der Waals surface area contributed by atoms with Crippen molar-refractivity contribution in [1.29, 1.82) is 0 Å². The summed E-state index contributed by atoms with van der Waals surface area (Å²) in [6, 6.07) is 0. The minimum atomic E-state index is -1.25. The number of hydrogen-bond donors (Lipinski definition) is 2. The molecule has 0 spiro atoms. The Bertz CT molecular complexity index is 334. The van der Waals surface area contributed by atoms with Crippen LogP contribution in [0.15, 0.2) is 0 Å². The van der Waals surface area contributed by atoms with E-state index in [0.29, 0.717) is 12.3 Å². The number of aliphatic hydroxyl groups is 1. The lowest BCUT2D eigenvalue weighted by Crippen LogP contribution is -2.76. The average molecular weight is 234 g/mol. The van der Waals surface area contributed by atoms with Crippen LogP contribution in [-0.4, -0.2) is 40.6 Å². The maximum atomic E-state index is 11.6. The third-order valence-corrected chi connectivity index (χ3v) is 3.67. The number of aliphatic hydroxyl groups excluding tert-OH is 1. The van der Waals surface area contributed by atoms with E-state index in [1.54, 1.807) is 6.92 Å². The van der Waals surface area contributed by atoms with E-state index in [9.17, 15) is 14.7 Å². The lowest BCUT2D eigenvalue weighted by Gasteiger charge is -2.50. The van der Waals surface area contributed by atoms with Crippen molar-refractivity contribution in [1.82, 2.24) is 5.32 Å². The van der Waals surface area contributed by atoms with E-state index in [1.165, 1.54) is 0 Å². The van der Waals surface area contributed by atoms with Crippen LogP contribution in [-0.2, 0) is 14.3 Å². The highest BCUT2D eigenvalue weighted by Gasteiger charge is 2.75. The van der Waals surface area contributed by atoms with E-state index < -0.39 is 29.6 Å². The van der Waals surface area contributed by atoms with E-state index in [-0.39, 0.29) is 5.91 Å². The highest BCUT2D eigenvalue weighted by atomic mass is 35.5. The number of esters is 1. The molecule has 0 aromatic rings. The fraction of sp³-hybridized carbons (Fsp3) is 0.778. The van der Waals surface area contributed by atoms with Gasteiger partial charge in [0, 0.05) is 5.88 Å². The molecule has 1 amide bonds. The Balaban J connectivity index is 2.34. The zero-order valence-corrected chi connectivity index (χ0v) is 9.00. The average Bonchev–Trinajstić information content (AvgIpc) is 2.36. The van der Waals surface area contributed by atoms with Gasteiger partial charge in [-0.15, -0.1) is 11.6 Å². The lowest BCUT2D eigenvalue weighted by molar-refractivity contribution is -0.224. The molecule has 2 saturated heterocycles. The molecule has 0 bridgehead atoms. The van der Waals surface area contributed by atoms with Crippen LogP contribution < -0.4 is 5.32 Å². The molecular weight excluding hydrogens is 222 g/mol. The Morgan fingerprint density at radius 2 is 2.27 bits per heavy atom. The molecule has 2 heterocycles. The number of carbonyl (C=O) groups excluding carboxylic acids is 2. The Labute approximate surface area is 91.7 Å². The van der Waals surface area contributed by atoms with Gasteiger partial charge in [0.05, 0.1) is 12.5 Å². The summed E-state index contributed by atoms with van der Waals surface area (Å²) in [6.07, 6.45) is 0.429. The van der Waals surface area contributed by atoms with Crippen LogP contribution in [0, 0.1) is 5.92 Å². The summed E-state index contributed by atoms with van der Waals surface area (Å²) >= 11 is 5.59. The summed E-state index contributed by atoms with van der Waals surface area (Å²) in [6.45, 7) is 1.21. The molecular formula is C9H12ClNO4. The molecule has 2 N–H and O–H groups in total. The number of rotatable bonds is 3. The van der Waals surface area contributed by atoms with Crippen molar-refractivity contribution >= 4 is 23.5 Å². The second kappa shape index (κ2) is 3.09. The number of nitrogens with one attached hydrogen (secondary N) is 1. The minimum Gasteiger partial charge on any atom is -0.453 e. The summed E-state index contributed by atoms with van der Waals surface area (Å²) in [5.41, 5.74) is -2.20. The van der Waals surface area contributed by atoms with Crippen molar-refractivity contribution in [3.63, 3.8) is 0 Å². The number of carbonyl (C=O) groups is 2. The molecule has 2 aliphatic rings. The zero-order valence-electron chi connectivity index (χ0n) is 8.25. The normalized spacial score (nSPS) is 43.0. The summed E-state index contributed by atoms with van der Waals surface area (Å²) in [4.78, 5) is 23.0. The second-order valence-electron chi connectivity index (χ2n) is 4.08. The highest BCUT2D eigenvalue weighted by Crippen LogP contribution is 2.49. The predicted molar refractivity (Wildman–Crippen MR) is 51.3 cm³/mol. The van der Waals surface area contributed by atoms with Crippen LogP contribution in [0.3, 0.4) is 0 Å². The third kappa shape index (κ3) is 1.02. The maximum absolute atomic E-state index is 11.6. The van der Waals surface area contributed by atoms with Gasteiger partial charge in [0.15, 0.2) is 5.60 Å². The quantitative estimate of drug-likeness (QED) is 0.505. The molecule has 0 saturated carbocycles. The van der Waals surface area contributed by atoms with Gasteiger partial charge in [-0.2, -0.15) is 0 Å². The van der Waals surface area contributed by atoms with E-state index in [1.807, 2.05) is 0 Å². The van der Waals surface area contributed by atoms with Crippen LogP contribution in [0.2, 0.25) is 0 Å². The predicted octanol–water partition coefficient (Wildman–Crippen LogP) is -0.592. The van der Waals surface area contributed by atoms with Gasteiger partial charge in [0.2, 0.25) is 11.4 Å². The monoisotopic (exact) mass is 233 g/mol. The molecule has 0 aromatic heterocycles. The summed E-state index contributed by atoms with van der Waals surface area (Å²) in [5, 5.41) is 11.8. The zero-order chi connectivity index (χ0) is 11.3. The molecule has 2 rings (SSSR count). The van der Waals surface area contributed by atoms with Gasteiger partial charge in [-0.1, -0.05) is 0 Å². The van der Waals surface area contributed by atoms with Crippen LogP contribution >= 0.6 is 11.6 Å². The molecule has 2 aliphatic heterocycles. The van der Waals surface area contributed by atoms with Crippen molar-refractivity contribution < 1.29 is 19.4 Å². The van der Waals surface area contributed by atoms with Gasteiger partial charge in [0.1, 0.15) is 0 Å². The van der Waals surface area contributed by atoms with Gasteiger partial charge >= 0.3 is 5.97 Å². The van der Waals surface area contributed by atoms with Crippen molar-refractivity contribution in [2.24, 2.45) is 5.92 Å². The van der Waals surface area contributed by atoms with Crippen molar-refractivity contribution in [3.05, 3.63) is 0 Å². The summed E-state index contributed by atoms with van der Waals surface area (Å²) < 4.78 is 5.04. The van der Waals surface area contributed by atoms with E-state index >= 15 is 0 Å². The van der Waals surface area contributed by atoms with E-state index in [0.717, 1.165) is 0 Å². The molecule has 84 valence electrons. The number of ether oxygens (including phenoxy) is 1.